The number of nitrogens with one attached hydrogen (secondary N) is 1. The molecule has 0 aliphatic carbocycles. The predicted molar refractivity (Wildman–Crippen MR) is 136 cm³/mol. The molecule has 0 spiro atoms. The molecular formula is C27H31ClN4O4. The van der Waals surface area contributed by atoms with Crippen molar-refractivity contribution in [3.63, 3.8) is 0 Å². The molecule has 1 N–H and O–H groups in total. The maximum Gasteiger partial charge on any atom is 0.241 e. The quantitative estimate of drug-likeness (QED) is 0.497. The highest BCUT2D eigenvalue weighted by Gasteiger charge is 2.36. The van der Waals surface area contributed by atoms with Crippen molar-refractivity contribution in [3.05, 3.63) is 58.9 Å². The van der Waals surface area contributed by atoms with Crippen molar-refractivity contribution in [2.24, 2.45) is 5.92 Å². The van der Waals surface area contributed by atoms with Gasteiger partial charge in [0.05, 0.1) is 24.7 Å². The van der Waals surface area contributed by atoms with Gasteiger partial charge in [-0.2, -0.15) is 4.98 Å². The van der Waals surface area contributed by atoms with E-state index in [1.54, 1.807) is 13.2 Å². The molecule has 36 heavy (non-hydrogen) atoms. The molecular weight excluding hydrogens is 480 g/mol. The summed E-state index contributed by atoms with van der Waals surface area (Å²) in [5.41, 5.74) is 1.35. The van der Waals surface area contributed by atoms with E-state index in [2.05, 4.69) is 20.4 Å². The van der Waals surface area contributed by atoms with Crippen molar-refractivity contribution in [2.45, 2.75) is 51.3 Å². The Bertz CT molecular complexity index is 1240. The third-order valence-corrected chi connectivity index (χ3v) is 7.22. The monoisotopic (exact) mass is 510 g/mol. The highest BCUT2D eigenvalue weighted by Crippen LogP contribution is 2.41. The zero-order chi connectivity index (χ0) is 25.3. The van der Waals surface area contributed by atoms with Gasteiger partial charge >= 0.3 is 0 Å². The molecule has 2 aromatic carbocycles. The lowest BCUT2D eigenvalue weighted by Gasteiger charge is -2.39. The maximum atomic E-state index is 13.2. The van der Waals surface area contributed by atoms with Gasteiger partial charge in [-0.3, -0.25) is 9.69 Å². The first kappa shape index (κ1) is 24.6. The van der Waals surface area contributed by atoms with Crippen LogP contribution < -0.4 is 14.8 Å². The van der Waals surface area contributed by atoms with Crippen molar-refractivity contribution in [2.75, 3.05) is 20.2 Å². The normalized spacial score (nSPS) is 19.8. The van der Waals surface area contributed by atoms with E-state index in [-0.39, 0.29) is 23.5 Å². The molecule has 2 aliphatic heterocycles. The largest absolute Gasteiger partial charge is 0.497 e. The standard InChI is InChI=1S/C27H31ClN4O4/c1-27(2)15-22(20-14-18(34-3)8-9-23(20)35-27)29-26(33)17-10-12-32(13-11-17)16-24-30-25(31-36-24)19-6-4-5-7-21(19)28/h4-9,14,17,22H,10-13,15-16H2,1-3H3,(H,29,33). The highest BCUT2D eigenvalue weighted by molar-refractivity contribution is 6.33. The van der Waals surface area contributed by atoms with Gasteiger partial charge in [0.15, 0.2) is 0 Å². The zero-order valence-electron chi connectivity index (χ0n) is 20.8. The van der Waals surface area contributed by atoms with Crippen LogP contribution in [-0.4, -0.2) is 46.7 Å². The van der Waals surface area contributed by atoms with Crippen LogP contribution in [0.1, 0.15) is 50.6 Å². The van der Waals surface area contributed by atoms with E-state index in [0.717, 1.165) is 48.6 Å². The average Bonchev–Trinajstić information content (AvgIpc) is 3.32. The van der Waals surface area contributed by atoms with Gasteiger partial charge in [0.25, 0.3) is 0 Å². The Labute approximate surface area is 215 Å². The molecule has 8 nitrogen and oxygen atoms in total. The molecule has 3 heterocycles. The summed E-state index contributed by atoms with van der Waals surface area (Å²) in [6.07, 6.45) is 2.24. The van der Waals surface area contributed by atoms with E-state index in [0.29, 0.717) is 29.7 Å². The van der Waals surface area contributed by atoms with Crippen LogP contribution in [0.4, 0.5) is 0 Å². The summed E-state index contributed by atoms with van der Waals surface area (Å²) < 4.78 is 17.0. The molecule has 9 heteroatoms. The lowest BCUT2D eigenvalue weighted by Crippen LogP contribution is -2.45. The molecule has 3 aromatic rings. The van der Waals surface area contributed by atoms with Crippen LogP contribution in [0.2, 0.25) is 5.02 Å². The van der Waals surface area contributed by atoms with Gasteiger partial charge in [-0.25, -0.2) is 0 Å². The number of hydrogen-bond donors (Lipinski definition) is 1. The molecule has 0 saturated carbocycles. The fourth-order valence-electron chi connectivity index (χ4n) is 4.99. The van der Waals surface area contributed by atoms with E-state index in [9.17, 15) is 4.79 Å². The topological polar surface area (TPSA) is 89.7 Å². The number of benzene rings is 2. The third kappa shape index (κ3) is 5.34. The Morgan fingerprint density at radius 2 is 2.00 bits per heavy atom. The van der Waals surface area contributed by atoms with Gasteiger partial charge in [-0.1, -0.05) is 28.9 Å². The lowest BCUT2D eigenvalue weighted by atomic mass is 9.88. The minimum Gasteiger partial charge on any atom is -0.497 e. The summed E-state index contributed by atoms with van der Waals surface area (Å²) >= 11 is 6.25. The fourth-order valence-corrected chi connectivity index (χ4v) is 5.21. The lowest BCUT2D eigenvalue weighted by molar-refractivity contribution is -0.127. The number of methoxy groups -OCH3 is 1. The van der Waals surface area contributed by atoms with Gasteiger partial charge < -0.3 is 19.3 Å². The number of hydrogen-bond acceptors (Lipinski definition) is 7. The van der Waals surface area contributed by atoms with Gasteiger partial charge in [0.1, 0.15) is 17.1 Å². The molecule has 1 saturated heterocycles. The number of piperidine rings is 1. The van der Waals surface area contributed by atoms with E-state index < -0.39 is 0 Å². The highest BCUT2D eigenvalue weighted by atomic mass is 35.5. The Hall–Kier alpha value is -3.10. The Balaban J connectivity index is 1.18. The molecule has 0 bridgehead atoms. The van der Waals surface area contributed by atoms with Gasteiger partial charge in [-0.05, 0) is 70.1 Å². The summed E-state index contributed by atoms with van der Waals surface area (Å²) in [6.45, 7) is 6.21. The molecule has 2 aliphatic rings. The van der Waals surface area contributed by atoms with Crippen molar-refractivity contribution < 1.29 is 18.8 Å². The van der Waals surface area contributed by atoms with E-state index in [1.165, 1.54) is 0 Å². The van der Waals surface area contributed by atoms with Crippen molar-refractivity contribution in [3.8, 4) is 22.9 Å². The average molecular weight is 511 g/mol. The third-order valence-electron chi connectivity index (χ3n) is 6.89. The zero-order valence-corrected chi connectivity index (χ0v) is 21.5. The molecule has 1 amide bonds. The second-order valence-electron chi connectivity index (χ2n) is 10.1. The second-order valence-corrected chi connectivity index (χ2v) is 10.5. The Kier molecular flexibility index (Phi) is 6.90. The smallest absolute Gasteiger partial charge is 0.241 e. The minimum atomic E-state index is -0.365. The maximum absolute atomic E-state index is 13.2. The predicted octanol–water partition coefficient (Wildman–Crippen LogP) is 5.03. The summed E-state index contributed by atoms with van der Waals surface area (Å²) in [6, 6.07) is 13.1. The van der Waals surface area contributed by atoms with Crippen LogP contribution in [-0.2, 0) is 11.3 Å². The van der Waals surface area contributed by atoms with Crippen molar-refractivity contribution >= 4 is 17.5 Å². The number of carbonyl (C=O) groups is 1. The van der Waals surface area contributed by atoms with E-state index in [1.807, 2.05) is 50.2 Å². The van der Waals surface area contributed by atoms with Crippen LogP contribution in [0.25, 0.3) is 11.4 Å². The Morgan fingerprint density at radius 1 is 1.22 bits per heavy atom. The van der Waals surface area contributed by atoms with Crippen LogP contribution in [0, 0.1) is 5.92 Å². The number of rotatable bonds is 6. The summed E-state index contributed by atoms with van der Waals surface area (Å²) in [5, 5.41) is 7.97. The molecule has 1 fully saturated rings. The fraction of sp³-hybridized carbons (Fsp3) is 0.444. The summed E-state index contributed by atoms with van der Waals surface area (Å²) in [7, 11) is 1.64. The Morgan fingerprint density at radius 3 is 2.75 bits per heavy atom. The van der Waals surface area contributed by atoms with E-state index in [4.69, 9.17) is 25.6 Å². The molecule has 1 aromatic heterocycles. The molecule has 5 rings (SSSR count). The van der Waals surface area contributed by atoms with Crippen LogP contribution in [0.15, 0.2) is 47.0 Å². The first-order chi connectivity index (χ1) is 17.3. The number of likely N-dealkylation sites (tertiary alicyclic amines) is 1. The second kappa shape index (κ2) is 10.1. The minimum absolute atomic E-state index is 0.0392. The number of aromatic nitrogens is 2. The number of halogens is 1. The molecule has 190 valence electrons. The number of fused-ring (bicyclic) bond motifs is 1. The number of ether oxygens (including phenoxy) is 2. The molecule has 1 atom stereocenters. The number of carbonyl (C=O) groups excluding carboxylic acids is 1. The van der Waals surface area contributed by atoms with Gasteiger partial charge in [0, 0.05) is 23.5 Å². The summed E-state index contributed by atoms with van der Waals surface area (Å²) in [4.78, 5) is 20.0. The summed E-state index contributed by atoms with van der Waals surface area (Å²) in [5.74, 6) is 2.63. The first-order valence-corrected chi connectivity index (χ1v) is 12.7. The SMILES string of the molecule is COc1ccc2c(c1)C(NC(=O)C1CCN(Cc3nc(-c4ccccc4Cl)no3)CC1)CC(C)(C)O2. The van der Waals surface area contributed by atoms with Crippen LogP contribution >= 0.6 is 11.6 Å². The molecule has 1 unspecified atom stereocenters. The van der Waals surface area contributed by atoms with Gasteiger partial charge in [0.2, 0.25) is 17.6 Å². The first-order valence-electron chi connectivity index (χ1n) is 12.3. The van der Waals surface area contributed by atoms with Gasteiger partial charge in [-0.15, -0.1) is 0 Å². The van der Waals surface area contributed by atoms with Crippen molar-refractivity contribution in [1.29, 1.82) is 0 Å². The van der Waals surface area contributed by atoms with Crippen molar-refractivity contribution in [1.82, 2.24) is 20.4 Å². The van der Waals surface area contributed by atoms with Crippen LogP contribution in [0.3, 0.4) is 0 Å². The van der Waals surface area contributed by atoms with Crippen LogP contribution in [0.5, 0.6) is 11.5 Å². The van der Waals surface area contributed by atoms with E-state index >= 15 is 0 Å². The number of amides is 1. The number of nitrogens with zero attached hydrogens (tertiary/aromatic N) is 3. The molecule has 0 radical (unpaired) electrons.